The van der Waals surface area contributed by atoms with Crippen molar-refractivity contribution in [1.29, 1.82) is 0 Å². The normalized spacial score (nSPS) is 15.4. The molecule has 0 radical (unpaired) electrons. The topological polar surface area (TPSA) is 93.3 Å². The van der Waals surface area contributed by atoms with Gasteiger partial charge in [0.05, 0.1) is 22.8 Å². The number of amides is 1. The lowest BCUT2D eigenvalue weighted by Crippen LogP contribution is -2.41. The van der Waals surface area contributed by atoms with Crippen molar-refractivity contribution in [3.63, 3.8) is 0 Å². The van der Waals surface area contributed by atoms with Crippen molar-refractivity contribution >= 4 is 17.3 Å². The van der Waals surface area contributed by atoms with Crippen molar-refractivity contribution in [3.05, 3.63) is 82.2 Å². The molecule has 0 bridgehead atoms. The number of rotatable bonds is 6. The monoisotopic (exact) mass is 433 g/mol. The minimum Gasteiger partial charge on any atom is -0.366 e. The van der Waals surface area contributed by atoms with Gasteiger partial charge >= 0.3 is 0 Å². The Morgan fingerprint density at radius 3 is 2.47 bits per heavy atom. The standard InChI is InChI=1S/C24H27N5O3/c1-17(21-16-25-28(18(21)2)20-8-4-3-5-9-20)26-24(30)19-12-14-27(15-13-19)22-10-6-7-11-23(22)29(31)32/h3-11,16-17,19H,12-15H2,1-2H3,(H,26,30). The second-order valence-electron chi connectivity index (χ2n) is 8.17. The molecule has 1 N–H and O–H groups in total. The SMILES string of the molecule is Cc1c(C(C)NC(=O)C2CCN(c3ccccc3[N+](=O)[O-])CC2)cnn1-c1ccccc1. The number of benzene rings is 2. The fourth-order valence-electron chi connectivity index (χ4n) is 4.35. The summed E-state index contributed by atoms with van der Waals surface area (Å²) < 4.78 is 1.88. The Morgan fingerprint density at radius 1 is 1.12 bits per heavy atom. The third-order valence-corrected chi connectivity index (χ3v) is 6.16. The molecule has 1 aliphatic rings. The van der Waals surface area contributed by atoms with Gasteiger partial charge in [-0.25, -0.2) is 4.68 Å². The summed E-state index contributed by atoms with van der Waals surface area (Å²) in [6.07, 6.45) is 3.13. The summed E-state index contributed by atoms with van der Waals surface area (Å²) in [6, 6.07) is 16.5. The number of nitro benzene ring substituents is 1. The van der Waals surface area contributed by atoms with Gasteiger partial charge in [0.1, 0.15) is 5.69 Å². The Morgan fingerprint density at radius 2 is 1.78 bits per heavy atom. The average molecular weight is 434 g/mol. The quantitative estimate of drug-likeness (QED) is 0.465. The molecule has 1 unspecified atom stereocenters. The first-order chi connectivity index (χ1) is 15.5. The Bertz CT molecular complexity index is 1100. The molecule has 0 saturated carbocycles. The Balaban J connectivity index is 1.38. The van der Waals surface area contributed by atoms with Gasteiger partial charge in [-0.05, 0) is 44.9 Å². The molecule has 1 saturated heterocycles. The highest BCUT2D eigenvalue weighted by Gasteiger charge is 2.29. The maximum atomic E-state index is 12.9. The number of nitrogens with one attached hydrogen (secondary N) is 1. The lowest BCUT2D eigenvalue weighted by molar-refractivity contribution is -0.384. The van der Waals surface area contributed by atoms with E-state index in [-0.39, 0.29) is 28.5 Å². The third kappa shape index (κ3) is 4.34. The number of nitrogens with zero attached hydrogens (tertiary/aromatic N) is 4. The van der Waals surface area contributed by atoms with Crippen molar-refractivity contribution in [3.8, 4) is 5.69 Å². The number of piperidine rings is 1. The van der Waals surface area contributed by atoms with Crippen LogP contribution in [0.25, 0.3) is 5.69 Å². The largest absolute Gasteiger partial charge is 0.366 e. The molecule has 8 nitrogen and oxygen atoms in total. The zero-order chi connectivity index (χ0) is 22.7. The Kier molecular flexibility index (Phi) is 6.20. The van der Waals surface area contributed by atoms with Crippen molar-refractivity contribution in [1.82, 2.24) is 15.1 Å². The van der Waals surface area contributed by atoms with Gasteiger partial charge in [0, 0.05) is 36.3 Å². The highest BCUT2D eigenvalue weighted by Crippen LogP contribution is 2.31. The second kappa shape index (κ2) is 9.21. The molecule has 1 aromatic heterocycles. The van der Waals surface area contributed by atoms with E-state index in [4.69, 9.17) is 0 Å². The van der Waals surface area contributed by atoms with Gasteiger partial charge in [0.25, 0.3) is 5.69 Å². The van der Waals surface area contributed by atoms with E-state index >= 15 is 0 Å². The number of nitro groups is 1. The van der Waals surface area contributed by atoms with Gasteiger partial charge in [0.15, 0.2) is 0 Å². The van der Waals surface area contributed by atoms with E-state index in [2.05, 4.69) is 10.4 Å². The maximum absolute atomic E-state index is 12.9. The van der Waals surface area contributed by atoms with E-state index in [0.29, 0.717) is 31.6 Å². The molecule has 2 aromatic carbocycles. The molecule has 166 valence electrons. The van der Waals surface area contributed by atoms with Gasteiger partial charge in [-0.15, -0.1) is 0 Å². The third-order valence-electron chi connectivity index (χ3n) is 6.16. The predicted molar refractivity (Wildman–Crippen MR) is 123 cm³/mol. The van der Waals surface area contributed by atoms with Crippen LogP contribution in [0.2, 0.25) is 0 Å². The second-order valence-corrected chi connectivity index (χ2v) is 8.17. The first-order valence-corrected chi connectivity index (χ1v) is 10.8. The number of anilines is 1. The fraction of sp³-hybridized carbons (Fsp3) is 0.333. The molecule has 0 aliphatic carbocycles. The first-order valence-electron chi connectivity index (χ1n) is 10.8. The van der Waals surface area contributed by atoms with Gasteiger partial charge in [-0.2, -0.15) is 5.10 Å². The number of carbonyl (C=O) groups excluding carboxylic acids is 1. The van der Waals surface area contributed by atoms with E-state index in [0.717, 1.165) is 16.9 Å². The van der Waals surface area contributed by atoms with Crippen molar-refractivity contribution in [2.75, 3.05) is 18.0 Å². The fourth-order valence-corrected chi connectivity index (χ4v) is 4.35. The van der Waals surface area contributed by atoms with E-state index in [1.54, 1.807) is 18.2 Å². The molecule has 3 aromatic rings. The molecule has 1 atom stereocenters. The Labute approximate surface area is 187 Å². The molecule has 2 heterocycles. The number of hydrogen-bond acceptors (Lipinski definition) is 5. The van der Waals surface area contributed by atoms with Crippen LogP contribution in [-0.4, -0.2) is 33.7 Å². The molecule has 32 heavy (non-hydrogen) atoms. The van der Waals surface area contributed by atoms with Crippen LogP contribution in [-0.2, 0) is 4.79 Å². The van der Waals surface area contributed by atoms with E-state index in [9.17, 15) is 14.9 Å². The average Bonchev–Trinajstić information content (AvgIpc) is 3.21. The molecule has 4 rings (SSSR count). The first kappa shape index (κ1) is 21.5. The molecular formula is C24H27N5O3. The van der Waals surface area contributed by atoms with Gasteiger partial charge in [-0.3, -0.25) is 14.9 Å². The number of carbonyl (C=O) groups is 1. The highest BCUT2D eigenvalue weighted by atomic mass is 16.6. The minimum absolute atomic E-state index is 0.0200. The Hall–Kier alpha value is -3.68. The van der Waals surface area contributed by atoms with Crippen molar-refractivity contribution in [2.24, 2.45) is 5.92 Å². The zero-order valence-corrected chi connectivity index (χ0v) is 18.3. The van der Waals surface area contributed by atoms with E-state index in [1.165, 1.54) is 6.07 Å². The summed E-state index contributed by atoms with van der Waals surface area (Å²) in [5, 5.41) is 19.0. The van der Waals surface area contributed by atoms with E-state index < -0.39 is 0 Å². The van der Waals surface area contributed by atoms with Gasteiger partial charge in [-0.1, -0.05) is 30.3 Å². The summed E-state index contributed by atoms with van der Waals surface area (Å²) in [6.45, 7) is 5.20. The van der Waals surface area contributed by atoms with Crippen molar-refractivity contribution in [2.45, 2.75) is 32.7 Å². The van der Waals surface area contributed by atoms with Gasteiger partial charge < -0.3 is 10.2 Å². The van der Waals surface area contributed by atoms with Crippen LogP contribution < -0.4 is 10.2 Å². The van der Waals surface area contributed by atoms with Crippen LogP contribution in [0, 0.1) is 23.0 Å². The minimum atomic E-state index is -0.353. The number of aromatic nitrogens is 2. The smallest absolute Gasteiger partial charge is 0.292 e. The molecule has 1 fully saturated rings. The predicted octanol–water partition coefficient (Wildman–Crippen LogP) is 4.18. The molecule has 1 amide bonds. The summed E-state index contributed by atoms with van der Waals surface area (Å²) in [4.78, 5) is 25.9. The van der Waals surface area contributed by atoms with Crippen LogP contribution >= 0.6 is 0 Å². The summed E-state index contributed by atoms with van der Waals surface area (Å²) in [5.41, 5.74) is 3.69. The molecule has 8 heteroatoms. The molecule has 1 aliphatic heterocycles. The lowest BCUT2D eigenvalue weighted by atomic mass is 9.94. The summed E-state index contributed by atoms with van der Waals surface area (Å²) in [7, 11) is 0. The molecular weight excluding hydrogens is 406 g/mol. The lowest BCUT2D eigenvalue weighted by Gasteiger charge is -2.33. The van der Waals surface area contributed by atoms with E-state index in [1.807, 2.05) is 60.0 Å². The highest BCUT2D eigenvalue weighted by molar-refractivity contribution is 5.79. The van der Waals surface area contributed by atoms with Crippen LogP contribution in [0.5, 0.6) is 0 Å². The van der Waals surface area contributed by atoms with Crippen LogP contribution in [0.3, 0.4) is 0 Å². The van der Waals surface area contributed by atoms with Gasteiger partial charge in [0.2, 0.25) is 5.91 Å². The summed E-state index contributed by atoms with van der Waals surface area (Å²) >= 11 is 0. The number of hydrogen-bond donors (Lipinski definition) is 1. The maximum Gasteiger partial charge on any atom is 0.292 e. The number of para-hydroxylation sites is 3. The summed E-state index contributed by atoms with van der Waals surface area (Å²) in [5.74, 6) is -0.0903. The van der Waals surface area contributed by atoms with Crippen molar-refractivity contribution < 1.29 is 9.72 Å². The molecule has 0 spiro atoms. The zero-order valence-electron chi connectivity index (χ0n) is 18.3. The van der Waals surface area contributed by atoms with Crippen LogP contribution in [0.15, 0.2) is 60.8 Å². The van der Waals surface area contributed by atoms with Crippen LogP contribution in [0.1, 0.15) is 37.1 Å². The van der Waals surface area contributed by atoms with Crippen LogP contribution in [0.4, 0.5) is 11.4 Å².